The molecule has 0 aliphatic carbocycles. The number of hydrogen-bond acceptors (Lipinski definition) is 3. The number of hydrogen-bond donors (Lipinski definition) is 0. The molecule has 47 valence electrons. The van der Waals surface area contributed by atoms with Gasteiger partial charge in [0.25, 0.3) is 0 Å². The SMILES string of the molecule is CO[C]([Ge])(OC)OC. The van der Waals surface area contributed by atoms with Crippen LogP contribution in [0.2, 0.25) is 0 Å². The molecule has 0 aromatic rings. The monoisotopic (exact) mass is 179 g/mol. The molecular formula is C4H9GeO3. The van der Waals surface area contributed by atoms with E-state index in [-0.39, 0.29) is 0 Å². The summed E-state index contributed by atoms with van der Waals surface area (Å²) in [4.78, 5) is -0.875. The molecule has 0 bridgehead atoms. The molecule has 8 heavy (non-hydrogen) atoms. The number of methoxy groups -OCH3 is 3. The van der Waals surface area contributed by atoms with Gasteiger partial charge < -0.3 is 0 Å². The van der Waals surface area contributed by atoms with Crippen LogP contribution < -0.4 is 0 Å². The van der Waals surface area contributed by atoms with Crippen molar-refractivity contribution in [1.82, 2.24) is 0 Å². The Morgan fingerprint density at radius 3 is 1.25 bits per heavy atom. The normalized spacial score (nSPS) is 12.0. The first kappa shape index (κ1) is 8.42. The van der Waals surface area contributed by atoms with E-state index in [2.05, 4.69) is 0 Å². The van der Waals surface area contributed by atoms with Crippen LogP contribution in [0.5, 0.6) is 0 Å². The minimum atomic E-state index is -0.875. The van der Waals surface area contributed by atoms with Crippen molar-refractivity contribution in [2.75, 3.05) is 21.3 Å². The van der Waals surface area contributed by atoms with Crippen molar-refractivity contribution in [1.29, 1.82) is 0 Å². The summed E-state index contributed by atoms with van der Waals surface area (Å²) in [5, 5.41) is 0. The fourth-order valence-electron chi connectivity index (χ4n) is 0.250. The first-order valence-corrected chi connectivity index (χ1v) is 3.14. The molecule has 0 heterocycles. The summed E-state index contributed by atoms with van der Waals surface area (Å²) in [6, 6.07) is 0. The van der Waals surface area contributed by atoms with Gasteiger partial charge in [-0.1, -0.05) is 0 Å². The zero-order chi connectivity index (χ0) is 6.62. The maximum absolute atomic E-state index is 4.79. The fraction of sp³-hybridized carbons (Fsp3) is 1.00. The predicted octanol–water partition coefficient (Wildman–Crippen LogP) is -0.295. The molecule has 0 aliphatic rings. The van der Waals surface area contributed by atoms with Gasteiger partial charge in [-0.3, -0.25) is 0 Å². The first-order valence-electron chi connectivity index (χ1n) is 2.09. The van der Waals surface area contributed by atoms with Crippen molar-refractivity contribution in [3.05, 3.63) is 0 Å². The van der Waals surface area contributed by atoms with Gasteiger partial charge in [0.2, 0.25) is 0 Å². The number of rotatable bonds is 3. The van der Waals surface area contributed by atoms with Gasteiger partial charge in [-0.15, -0.1) is 0 Å². The zero-order valence-corrected chi connectivity index (χ0v) is 7.32. The molecule has 3 radical (unpaired) electrons. The first-order chi connectivity index (χ1) is 3.68. The molecule has 0 atom stereocenters. The van der Waals surface area contributed by atoms with Crippen LogP contribution >= 0.6 is 0 Å². The third kappa shape index (κ3) is 2.13. The van der Waals surface area contributed by atoms with Crippen LogP contribution in [0, 0.1) is 0 Å². The molecule has 0 rings (SSSR count). The molecule has 0 amide bonds. The van der Waals surface area contributed by atoms with Gasteiger partial charge in [-0.2, -0.15) is 0 Å². The van der Waals surface area contributed by atoms with Crippen molar-refractivity contribution >= 4 is 16.5 Å². The van der Waals surface area contributed by atoms with Crippen LogP contribution in [0.1, 0.15) is 0 Å². The second-order valence-electron chi connectivity index (χ2n) is 1.17. The van der Waals surface area contributed by atoms with Crippen molar-refractivity contribution in [3.63, 3.8) is 0 Å². The van der Waals surface area contributed by atoms with E-state index >= 15 is 0 Å². The Morgan fingerprint density at radius 1 is 1.00 bits per heavy atom. The summed E-state index contributed by atoms with van der Waals surface area (Å²) in [6.07, 6.45) is 0. The minimum absolute atomic E-state index is 0.875. The number of ether oxygens (including phenoxy) is 3. The second-order valence-corrected chi connectivity index (χ2v) is 2.45. The molecule has 0 unspecified atom stereocenters. The van der Waals surface area contributed by atoms with E-state index in [4.69, 9.17) is 14.2 Å². The predicted molar refractivity (Wildman–Crippen MR) is 29.5 cm³/mol. The molecule has 0 N–H and O–H groups in total. The summed E-state index contributed by atoms with van der Waals surface area (Å²) in [6.45, 7) is 0. The molecule has 0 saturated heterocycles. The van der Waals surface area contributed by atoms with E-state index in [1.54, 1.807) is 16.5 Å². The van der Waals surface area contributed by atoms with Crippen molar-refractivity contribution in [2.24, 2.45) is 0 Å². The zero-order valence-electron chi connectivity index (χ0n) is 5.22. The van der Waals surface area contributed by atoms with Crippen molar-refractivity contribution < 1.29 is 14.2 Å². The van der Waals surface area contributed by atoms with Crippen molar-refractivity contribution in [3.8, 4) is 0 Å². The van der Waals surface area contributed by atoms with Gasteiger partial charge in [-0.25, -0.2) is 0 Å². The average Bonchev–Trinajstić information content (AvgIpc) is 1.87. The molecule has 4 heteroatoms. The Labute approximate surface area is 57.5 Å². The summed E-state index contributed by atoms with van der Waals surface area (Å²) < 4.78 is 14.4. The summed E-state index contributed by atoms with van der Waals surface area (Å²) in [5.74, 6) is 0. The van der Waals surface area contributed by atoms with E-state index in [0.717, 1.165) is 0 Å². The molecular weight excluding hydrogens is 169 g/mol. The molecule has 0 aromatic heterocycles. The van der Waals surface area contributed by atoms with Crippen LogP contribution in [-0.2, 0) is 14.2 Å². The molecule has 3 nitrogen and oxygen atoms in total. The molecule has 0 fully saturated rings. The Morgan fingerprint density at radius 2 is 1.25 bits per heavy atom. The summed E-state index contributed by atoms with van der Waals surface area (Å²) in [5.41, 5.74) is 0. The van der Waals surface area contributed by atoms with Crippen LogP contribution in [0.4, 0.5) is 0 Å². The maximum atomic E-state index is 4.79. The molecule has 0 aliphatic heterocycles. The molecule has 0 saturated carbocycles. The third-order valence-corrected chi connectivity index (χ3v) is 2.09. The van der Waals surface area contributed by atoms with Gasteiger partial charge in [0.1, 0.15) is 0 Å². The van der Waals surface area contributed by atoms with E-state index < -0.39 is 4.81 Å². The third-order valence-electron chi connectivity index (χ3n) is 0.806. The van der Waals surface area contributed by atoms with E-state index in [9.17, 15) is 0 Å². The van der Waals surface area contributed by atoms with Gasteiger partial charge >= 0.3 is 56.9 Å². The van der Waals surface area contributed by atoms with Crippen molar-refractivity contribution in [2.45, 2.75) is 4.81 Å². The summed E-state index contributed by atoms with van der Waals surface area (Å²) in [7, 11) is 4.56. The second kappa shape index (κ2) is 3.45. The fourth-order valence-corrected chi connectivity index (χ4v) is 0.250. The topological polar surface area (TPSA) is 27.7 Å². The summed E-state index contributed by atoms with van der Waals surface area (Å²) >= 11 is 1.69. The van der Waals surface area contributed by atoms with Gasteiger partial charge in [0.15, 0.2) is 0 Å². The van der Waals surface area contributed by atoms with Gasteiger partial charge in [0, 0.05) is 0 Å². The quantitative estimate of drug-likeness (QED) is 0.438. The van der Waals surface area contributed by atoms with Crippen LogP contribution in [0.25, 0.3) is 0 Å². The van der Waals surface area contributed by atoms with E-state index in [1.807, 2.05) is 0 Å². The Hall–Kier alpha value is 0.423. The Balaban J connectivity index is 3.58. The van der Waals surface area contributed by atoms with Crippen LogP contribution in [0.15, 0.2) is 0 Å². The average molecular weight is 178 g/mol. The van der Waals surface area contributed by atoms with E-state index in [0.29, 0.717) is 0 Å². The molecule has 0 aromatic carbocycles. The van der Waals surface area contributed by atoms with E-state index in [1.165, 1.54) is 21.3 Å². The van der Waals surface area contributed by atoms with Gasteiger partial charge in [-0.05, 0) is 0 Å². The Kier molecular flexibility index (Phi) is 3.63. The van der Waals surface area contributed by atoms with Gasteiger partial charge in [0.05, 0.1) is 0 Å². The van der Waals surface area contributed by atoms with Crippen LogP contribution in [-0.4, -0.2) is 42.6 Å². The van der Waals surface area contributed by atoms with Crippen LogP contribution in [0.3, 0.4) is 0 Å². The molecule has 0 spiro atoms. The standard InChI is InChI=1S/C4H9GeO3/c1-6-4(5,7-2)8-3/h1-3H3. The Bertz CT molecular complexity index is 54.0.